The Hall–Kier alpha value is -2.79. The second-order valence-corrected chi connectivity index (χ2v) is 8.24. The zero-order chi connectivity index (χ0) is 23.1. The fourth-order valence-electron chi connectivity index (χ4n) is 3.41. The maximum atomic E-state index is 14.1. The molecule has 174 valence electrons. The maximum absolute atomic E-state index is 14.1. The molecule has 1 aromatic carbocycles. The lowest BCUT2D eigenvalue weighted by molar-refractivity contribution is 0.0596. The van der Waals surface area contributed by atoms with Crippen LogP contribution < -0.4 is 15.4 Å². The Kier molecular flexibility index (Phi) is 8.34. The molecule has 1 aliphatic rings. The van der Waals surface area contributed by atoms with Gasteiger partial charge in [0, 0.05) is 6.54 Å². The van der Waals surface area contributed by atoms with E-state index in [2.05, 4.69) is 19.9 Å². The number of amides is 2. The molecule has 2 N–H and O–H groups in total. The Labute approximate surface area is 189 Å². The molecule has 1 saturated heterocycles. The van der Waals surface area contributed by atoms with Gasteiger partial charge in [-0.05, 0) is 75.0 Å². The van der Waals surface area contributed by atoms with Crippen LogP contribution in [0.25, 0.3) is 0 Å². The number of anilines is 1. The van der Waals surface area contributed by atoms with Crippen molar-refractivity contribution in [3.63, 3.8) is 0 Å². The van der Waals surface area contributed by atoms with Crippen molar-refractivity contribution in [1.29, 1.82) is 0 Å². The molecule has 0 saturated carbocycles. The summed E-state index contributed by atoms with van der Waals surface area (Å²) < 4.78 is 42.3. The van der Waals surface area contributed by atoms with Gasteiger partial charge in [-0.25, -0.2) is 18.4 Å². The summed E-state index contributed by atoms with van der Waals surface area (Å²) >= 11 is 0.810. The molecule has 0 radical (unpaired) electrons. The van der Waals surface area contributed by atoms with Crippen LogP contribution in [-0.2, 0) is 11.3 Å². The number of hydrogen-bond donors (Lipinski definition) is 2. The molecule has 2 amide bonds. The van der Waals surface area contributed by atoms with Gasteiger partial charge < -0.3 is 19.7 Å². The molecule has 11 heteroatoms. The van der Waals surface area contributed by atoms with Crippen LogP contribution in [-0.4, -0.2) is 54.6 Å². The highest BCUT2D eigenvalue weighted by Crippen LogP contribution is 2.32. The van der Waals surface area contributed by atoms with Gasteiger partial charge in [-0.15, -0.1) is 0 Å². The molecule has 0 aliphatic carbocycles. The van der Waals surface area contributed by atoms with Crippen molar-refractivity contribution < 1.29 is 27.8 Å². The molecular formula is C21H26F2N4O4S. The van der Waals surface area contributed by atoms with Gasteiger partial charge in [0.05, 0.1) is 12.7 Å². The second-order valence-electron chi connectivity index (χ2n) is 7.46. The molecular weight excluding hydrogens is 442 g/mol. The molecule has 32 heavy (non-hydrogen) atoms. The first-order valence-corrected chi connectivity index (χ1v) is 11.1. The minimum absolute atomic E-state index is 0.113. The molecule has 0 unspecified atom stereocenters. The Morgan fingerprint density at radius 3 is 2.56 bits per heavy atom. The quantitative estimate of drug-likeness (QED) is 0.431. The number of carbonyl (C=O) groups excluding carboxylic acids is 2. The van der Waals surface area contributed by atoms with Crippen LogP contribution in [0, 0.1) is 18.6 Å². The lowest BCUT2D eigenvalue weighted by atomic mass is 10.1. The fourth-order valence-corrected chi connectivity index (χ4v) is 4.13. The van der Waals surface area contributed by atoms with Crippen LogP contribution >= 0.6 is 11.5 Å². The topological polar surface area (TPSA) is 92.8 Å². The summed E-state index contributed by atoms with van der Waals surface area (Å²) in [6, 6.07) is 1.87. The van der Waals surface area contributed by atoms with Gasteiger partial charge in [-0.2, -0.15) is 4.37 Å². The number of urea groups is 1. The van der Waals surface area contributed by atoms with Crippen molar-refractivity contribution in [3.05, 3.63) is 40.5 Å². The molecule has 0 atom stereocenters. The first-order valence-electron chi connectivity index (χ1n) is 10.3. The van der Waals surface area contributed by atoms with Gasteiger partial charge >= 0.3 is 12.0 Å². The number of nitrogens with one attached hydrogen (secondary N) is 2. The average Bonchev–Trinajstić information content (AvgIpc) is 3.40. The van der Waals surface area contributed by atoms with E-state index in [0.29, 0.717) is 12.1 Å². The van der Waals surface area contributed by atoms with E-state index in [1.807, 2.05) is 0 Å². The molecule has 0 bridgehead atoms. The van der Waals surface area contributed by atoms with E-state index < -0.39 is 30.2 Å². The number of methoxy groups -OCH3 is 1. The predicted octanol–water partition coefficient (Wildman–Crippen LogP) is 3.70. The molecule has 1 fully saturated rings. The normalized spacial score (nSPS) is 13.8. The van der Waals surface area contributed by atoms with Crippen molar-refractivity contribution in [2.45, 2.75) is 32.8 Å². The van der Waals surface area contributed by atoms with E-state index in [-0.39, 0.29) is 22.0 Å². The summed E-state index contributed by atoms with van der Waals surface area (Å²) in [7, 11) is 1.17. The number of halogens is 2. The largest absolute Gasteiger partial charge is 0.471 e. The van der Waals surface area contributed by atoms with E-state index in [0.717, 1.165) is 37.6 Å². The third-order valence-corrected chi connectivity index (χ3v) is 5.80. The molecule has 2 aromatic rings. The highest BCUT2D eigenvalue weighted by Gasteiger charge is 2.25. The average molecular weight is 469 g/mol. The van der Waals surface area contributed by atoms with E-state index in [9.17, 15) is 18.4 Å². The number of nitrogens with zero attached hydrogens (tertiary/aromatic N) is 2. The van der Waals surface area contributed by atoms with Crippen molar-refractivity contribution >= 4 is 28.5 Å². The number of carbonyl (C=O) groups is 2. The molecule has 2 heterocycles. The number of likely N-dealkylation sites (tertiary alicyclic amines) is 1. The van der Waals surface area contributed by atoms with Crippen LogP contribution in [0.1, 0.15) is 40.7 Å². The van der Waals surface area contributed by atoms with Crippen molar-refractivity contribution in [2.75, 3.05) is 38.6 Å². The van der Waals surface area contributed by atoms with Crippen molar-refractivity contribution in [2.24, 2.45) is 0 Å². The van der Waals surface area contributed by atoms with Crippen molar-refractivity contribution in [1.82, 2.24) is 14.6 Å². The Bertz CT molecular complexity index is 940. The summed E-state index contributed by atoms with van der Waals surface area (Å²) in [5.74, 6) is -2.48. The molecule has 8 nitrogen and oxygen atoms in total. The minimum atomic E-state index is -0.789. The monoisotopic (exact) mass is 468 g/mol. The van der Waals surface area contributed by atoms with E-state index in [1.165, 1.54) is 32.1 Å². The first-order chi connectivity index (χ1) is 15.4. The summed E-state index contributed by atoms with van der Waals surface area (Å²) in [6.45, 7) is 4.67. The van der Waals surface area contributed by atoms with E-state index >= 15 is 0 Å². The highest BCUT2D eigenvalue weighted by molar-refractivity contribution is 7.11. The number of hydrogen-bond acceptors (Lipinski definition) is 7. The SMILES string of the molecule is COC(=O)c1c(OCc2c(F)cc(C)cc2F)nsc1NC(=O)NCCCN1CCCC1. The second kappa shape index (κ2) is 11.2. The molecule has 3 rings (SSSR count). The van der Waals surface area contributed by atoms with Crippen LogP contribution in [0.4, 0.5) is 18.6 Å². The zero-order valence-corrected chi connectivity index (χ0v) is 18.8. The third-order valence-electron chi connectivity index (χ3n) is 5.05. The summed E-state index contributed by atoms with van der Waals surface area (Å²) in [4.78, 5) is 26.8. The Morgan fingerprint density at radius 2 is 1.91 bits per heavy atom. The van der Waals surface area contributed by atoms with Gasteiger partial charge in [0.1, 0.15) is 23.2 Å². The third kappa shape index (κ3) is 6.13. The number of aryl methyl sites for hydroxylation is 1. The van der Waals surface area contributed by atoms with Crippen LogP contribution in [0.2, 0.25) is 0 Å². The lowest BCUT2D eigenvalue weighted by Crippen LogP contribution is -2.32. The van der Waals surface area contributed by atoms with E-state index in [4.69, 9.17) is 9.47 Å². The van der Waals surface area contributed by atoms with Gasteiger partial charge in [0.25, 0.3) is 0 Å². The number of ether oxygens (including phenoxy) is 2. The first kappa shape index (κ1) is 23.9. The fraction of sp³-hybridized carbons (Fsp3) is 0.476. The maximum Gasteiger partial charge on any atom is 0.346 e. The minimum Gasteiger partial charge on any atom is -0.471 e. The number of aromatic nitrogens is 1. The zero-order valence-electron chi connectivity index (χ0n) is 18.0. The van der Waals surface area contributed by atoms with Crippen LogP contribution in [0.5, 0.6) is 5.88 Å². The molecule has 0 spiro atoms. The lowest BCUT2D eigenvalue weighted by Gasteiger charge is -2.14. The summed E-state index contributed by atoms with van der Waals surface area (Å²) in [5.41, 5.74) is 0.0351. The number of rotatable bonds is 9. The highest BCUT2D eigenvalue weighted by atomic mass is 32.1. The molecule has 1 aliphatic heterocycles. The van der Waals surface area contributed by atoms with Gasteiger partial charge in [-0.1, -0.05) is 0 Å². The Morgan fingerprint density at radius 1 is 1.22 bits per heavy atom. The van der Waals surface area contributed by atoms with Crippen molar-refractivity contribution in [3.8, 4) is 5.88 Å². The summed E-state index contributed by atoms with van der Waals surface area (Å²) in [5, 5.41) is 5.42. The van der Waals surface area contributed by atoms with Gasteiger partial charge in [0.2, 0.25) is 5.88 Å². The van der Waals surface area contributed by atoms with Crippen LogP contribution in [0.15, 0.2) is 12.1 Å². The van der Waals surface area contributed by atoms with E-state index in [1.54, 1.807) is 6.92 Å². The number of benzene rings is 1. The smallest absolute Gasteiger partial charge is 0.346 e. The van der Waals surface area contributed by atoms with Gasteiger partial charge in [-0.3, -0.25) is 5.32 Å². The molecule has 1 aromatic heterocycles. The van der Waals surface area contributed by atoms with Gasteiger partial charge in [0.15, 0.2) is 5.56 Å². The number of esters is 1. The standard InChI is InChI=1S/C21H26F2N4O4S/c1-13-10-15(22)14(16(23)11-13)12-31-18-17(20(28)30-2)19(32-26-18)25-21(29)24-6-5-9-27-7-3-4-8-27/h10-11H,3-9,12H2,1-2H3,(H2,24,25,29). The predicted molar refractivity (Wildman–Crippen MR) is 116 cm³/mol. The summed E-state index contributed by atoms with van der Waals surface area (Å²) in [6.07, 6.45) is 3.23. The van der Waals surface area contributed by atoms with Crippen LogP contribution in [0.3, 0.4) is 0 Å². The Balaban J connectivity index is 1.60.